The van der Waals surface area contributed by atoms with Gasteiger partial charge < -0.3 is 10.8 Å². The maximum absolute atomic E-state index is 14.0. The van der Waals surface area contributed by atoms with Crippen LogP contribution in [0.15, 0.2) is 35.2 Å². The van der Waals surface area contributed by atoms with Crippen LogP contribution in [0.4, 0.5) is 15.8 Å². The Morgan fingerprint density at radius 1 is 1.14 bits per heavy atom. The summed E-state index contributed by atoms with van der Waals surface area (Å²) in [6.45, 7) is 3.11. The van der Waals surface area contributed by atoms with Crippen LogP contribution < -0.4 is 10.5 Å². The molecule has 0 bridgehead atoms. The van der Waals surface area contributed by atoms with E-state index in [1.165, 1.54) is 25.1 Å². The number of hydrogen-bond acceptors (Lipinski definition) is 4. The van der Waals surface area contributed by atoms with E-state index < -0.39 is 20.7 Å². The molecule has 4 N–H and O–H groups in total. The van der Waals surface area contributed by atoms with E-state index in [9.17, 15) is 17.9 Å². The maximum atomic E-state index is 14.0. The van der Waals surface area contributed by atoms with Crippen molar-refractivity contribution in [1.29, 1.82) is 0 Å². The second kappa shape index (κ2) is 5.25. The number of aromatic hydroxyl groups is 1. The Balaban J connectivity index is 2.45. The zero-order chi connectivity index (χ0) is 15.8. The summed E-state index contributed by atoms with van der Waals surface area (Å²) in [5.41, 5.74) is 6.60. The molecule has 0 saturated heterocycles. The summed E-state index contributed by atoms with van der Waals surface area (Å²) >= 11 is 0. The van der Waals surface area contributed by atoms with Gasteiger partial charge in [0.05, 0.1) is 5.69 Å². The number of rotatable bonds is 3. The third-order valence-corrected chi connectivity index (χ3v) is 4.37. The highest BCUT2D eigenvalue weighted by Gasteiger charge is 2.21. The van der Waals surface area contributed by atoms with Gasteiger partial charge in [0.15, 0.2) is 0 Å². The predicted molar refractivity (Wildman–Crippen MR) is 79.2 cm³/mol. The number of phenols is 1. The van der Waals surface area contributed by atoms with Crippen molar-refractivity contribution in [3.05, 3.63) is 47.3 Å². The van der Waals surface area contributed by atoms with Gasteiger partial charge in [0.2, 0.25) is 0 Å². The quantitative estimate of drug-likeness (QED) is 0.760. The zero-order valence-electron chi connectivity index (χ0n) is 11.5. The molecule has 112 valence electrons. The number of halogens is 1. The van der Waals surface area contributed by atoms with Gasteiger partial charge >= 0.3 is 0 Å². The number of nitrogens with one attached hydrogen (secondary N) is 1. The number of nitrogens with two attached hydrogens (primary N) is 1. The number of aryl methyl sites for hydroxylation is 2. The van der Waals surface area contributed by atoms with Crippen molar-refractivity contribution >= 4 is 21.4 Å². The minimum Gasteiger partial charge on any atom is -0.508 e. The number of phenolic OH excluding ortho intramolecular Hbond substituents is 1. The number of nitrogen functional groups attached to an aromatic ring is 1. The minimum absolute atomic E-state index is 0.0561. The van der Waals surface area contributed by atoms with Gasteiger partial charge in [0.1, 0.15) is 16.5 Å². The molecule has 0 heterocycles. The molecule has 0 aliphatic carbocycles. The molecule has 0 saturated carbocycles. The van der Waals surface area contributed by atoms with Crippen molar-refractivity contribution in [1.82, 2.24) is 0 Å². The van der Waals surface area contributed by atoms with Gasteiger partial charge in [0.25, 0.3) is 10.0 Å². The molecule has 7 heteroatoms. The molecule has 0 radical (unpaired) electrons. The van der Waals surface area contributed by atoms with E-state index in [1.807, 2.05) is 0 Å². The molecule has 21 heavy (non-hydrogen) atoms. The molecule has 0 atom stereocenters. The fourth-order valence-corrected chi connectivity index (χ4v) is 3.08. The Kier molecular flexibility index (Phi) is 3.78. The van der Waals surface area contributed by atoms with Crippen LogP contribution >= 0.6 is 0 Å². The van der Waals surface area contributed by atoms with Crippen molar-refractivity contribution in [3.8, 4) is 5.75 Å². The SMILES string of the molecule is Cc1ccc(NS(=O)(=O)c2cc(N)cc(C)c2F)cc1O. The van der Waals surface area contributed by atoms with E-state index in [0.717, 1.165) is 6.07 Å². The Morgan fingerprint density at radius 2 is 1.81 bits per heavy atom. The largest absolute Gasteiger partial charge is 0.508 e. The van der Waals surface area contributed by atoms with Crippen LogP contribution in [0, 0.1) is 19.7 Å². The second-order valence-electron chi connectivity index (χ2n) is 4.76. The van der Waals surface area contributed by atoms with Gasteiger partial charge in [0, 0.05) is 11.8 Å². The Hall–Kier alpha value is -2.28. The monoisotopic (exact) mass is 310 g/mol. The summed E-state index contributed by atoms with van der Waals surface area (Å²) in [6.07, 6.45) is 0. The average Bonchev–Trinajstić information content (AvgIpc) is 2.37. The molecular formula is C14H15FN2O3S. The van der Waals surface area contributed by atoms with Crippen molar-refractivity contribution in [3.63, 3.8) is 0 Å². The lowest BCUT2D eigenvalue weighted by Crippen LogP contribution is -2.15. The molecule has 0 unspecified atom stereocenters. The lowest BCUT2D eigenvalue weighted by molar-refractivity contribution is 0.471. The Morgan fingerprint density at radius 3 is 2.43 bits per heavy atom. The molecule has 5 nitrogen and oxygen atoms in total. The van der Waals surface area contributed by atoms with E-state index in [1.54, 1.807) is 13.0 Å². The van der Waals surface area contributed by atoms with Crippen LogP contribution in [-0.4, -0.2) is 13.5 Å². The van der Waals surface area contributed by atoms with E-state index in [-0.39, 0.29) is 22.7 Å². The molecule has 2 aromatic carbocycles. The van der Waals surface area contributed by atoms with Crippen LogP contribution in [0.3, 0.4) is 0 Å². The smallest absolute Gasteiger partial charge is 0.264 e. The van der Waals surface area contributed by atoms with Gasteiger partial charge in [-0.15, -0.1) is 0 Å². The first-order valence-corrected chi connectivity index (χ1v) is 7.57. The topological polar surface area (TPSA) is 92.4 Å². The van der Waals surface area contributed by atoms with Gasteiger partial charge in [-0.25, -0.2) is 12.8 Å². The summed E-state index contributed by atoms with van der Waals surface area (Å²) in [5.74, 6) is -0.910. The van der Waals surface area contributed by atoms with E-state index in [4.69, 9.17) is 5.73 Å². The predicted octanol–water partition coefficient (Wildman–Crippen LogP) is 2.53. The van der Waals surface area contributed by atoms with E-state index >= 15 is 0 Å². The highest BCUT2D eigenvalue weighted by Crippen LogP contribution is 2.26. The minimum atomic E-state index is -4.13. The standard InChI is InChI=1S/C14H15FN2O3S/c1-8-3-4-11(7-12(8)18)17-21(19,20)13-6-10(16)5-9(2)14(13)15/h3-7,17-18H,16H2,1-2H3. The first-order chi connectivity index (χ1) is 9.70. The number of anilines is 2. The zero-order valence-corrected chi connectivity index (χ0v) is 12.3. The fraction of sp³-hybridized carbons (Fsp3) is 0.143. The molecule has 0 spiro atoms. The average molecular weight is 310 g/mol. The molecule has 2 aromatic rings. The van der Waals surface area contributed by atoms with Crippen LogP contribution in [0.5, 0.6) is 5.75 Å². The van der Waals surface area contributed by atoms with Crippen LogP contribution in [0.25, 0.3) is 0 Å². The molecule has 0 amide bonds. The highest BCUT2D eigenvalue weighted by molar-refractivity contribution is 7.92. The number of sulfonamides is 1. The van der Waals surface area contributed by atoms with Crippen molar-refractivity contribution in [2.75, 3.05) is 10.5 Å². The number of hydrogen-bond donors (Lipinski definition) is 3. The summed E-state index contributed by atoms with van der Waals surface area (Å²) in [5, 5.41) is 9.58. The normalized spacial score (nSPS) is 11.4. The summed E-state index contributed by atoms with van der Waals surface area (Å²) in [4.78, 5) is -0.528. The van der Waals surface area contributed by atoms with Crippen molar-refractivity contribution in [2.24, 2.45) is 0 Å². The molecule has 0 aliphatic heterocycles. The first-order valence-electron chi connectivity index (χ1n) is 6.09. The summed E-state index contributed by atoms with van der Waals surface area (Å²) in [6, 6.07) is 6.69. The lowest BCUT2D eigenvalue weighted by Gasteiger charge is -2.11. The highest BCUT2D eigenvalue weighted by atomic mass is 32.2. The van der Waals surface area contributed by atoms with Crippen LogP contribution in [0.1, 0.15) is 11.1 Å². The van der Waals surface area contributed by atoms with Crippen LogP contribution in [-0.2, 0) is 10.0 Å². The summed E-state index contributed by atoms with van der Waals surface area (Å²) < 4.78 is 40.7. The van der Waals surface area contributed by atoms with Gasteiger partial charge in [-0.3, -0.25) is 4.72 Å². The van der Waals surface area contributed by atoms with Gasteiger partial charge in [-0.05, 0) is 43.2 Å². The lowest BCUT2D eigenvalue weighted by atomic mass is 10.2. The fourth-order valence-electron chi connectivity index (χ4n) is 1.84. The Labute approximate surface area is 122 Å². The second-order valence-corrected chi connectivity index (χ2v) is 6.41. The van der Waals surface area contributed by atoms with E-state index in [2.05, 4.69) is 4.72 Å². The molecule has 0 fully saturated rings. The van der Waals surface area contributed by atoms with E-state index in [0.29, 0.717) is 5.56 Å². The number of benzene rings is 2. The molecular weight excluding hydrogens is 295 g/mol. The molecule has 0 aromatic heterocycles. The third-order valence-electron chi connectivity index (χ3n) is 2.99. The van der Waals surface area contributed by atoms with Gasteiger partial charge in [-0.2, -0.15) is 0 Å². The van der Waals surface area contributed by atoms with Crippen molar-refractivity contribution < 1.29 is 17.9 Å². The van der Waals surface area contributed by atoms with Gasteiger partial charge in [-0.1, -0.05) is 6.07 Å². The van der Waals surface area contributed by atoms with Crippen LogP contribution in [0.2, 0.25) is 0 Å². The Bertz CT molecular complexity index is 804. The summed E-state index contributed by atoms with van der Waals surface area (Å²) in [7, 11) is -4.13. The third kappa shape index (κ3) is 3.08. The molecule has 2 rings (SSSR count). The molecule has 0 aliphatic rings. The first kappa shape index (κ1) is 15.1. The maximum Gasteiger partial charge on any atom is 0.264 e. The van der Waals surface area contributed by atoms with Crippen molar-refractivity contribution in [2.45, 2.75) is 18.7 Å².